The molecule has 3 rings (SSSR count). The van der Waals surface area contributed by atoms with E-state index in [2.05, 4.69) is 42.6 Å². The standard InChI is InChI=1S/C15H14N2S/c1-10-7-8-13-14(9-10)18-15(17-13)11-5-3-4-6-12(11)16-2/h3-9,16H,1-2H3. The third kappa shape index (κ3) is 1.87. The minimum atomic E-state index is 1.07. The van der Waals surface area contributed by atoms with Gasteiger partial charge < -0.3 is 5.32 Å². The first kappa shape index (κ1) is 11.2. The molecular formula is C15H14N2S. The van der Waals surface area contributed by atoms with Crippen molar-refractivity contribution < 1.29 is 0 Å². The van der Waals surface area contributed by atoms with E-state index in [4.69, 9.17) is 4.98 Å². The summed E-state index contributed by atoms with van der Waals surface area (Å²) < 4.78 is 1.25. The molecule has 0 radical (unpaired) electrons. The van der Waals surface area contributed by atoms with Crippen LogP contribution in [0.2, 0.25) is 0 Å². The van der Waals surface area contributed by atoms with Crippen molar-refractivity contribution in [3.05, 3.63) is 48.0 Å². The number of rotatable bonds is 2. The van der Waals surface area contributed by atoms with Crippen molar-refractivity contribution >= 4 is 27.2 Å². The molecule has 0 atom stereocenters. The summed E-state index contributed by atoms with van der Waals surface area (Å²) in [6.45, 7) is 2.11. The van der Waals surface area contributed by atoms with Gasteiger partial charge in [-0.2, -0.15) is 0 Å². The number of benzene rings is 2. The number of nitrogens with zero attached hydrogens (tertiary/aromatic N) is 1. The van der Waals surface area contributed by atoms with Crippen molar-refractivity contribution in [2.45, 2.75) is 6.92 Å². The van der Waals surface area contributed by atoms with Gasteiger partial charge in [0.1, 0.15) is 5.01 Å². The Labute approximate surface area is 110 Å². The van der Waals surface area contributed by atoms with Gasteiger partial charge >= 0.3 is 0 Å². The van der Waals surface area contributed by atoms with Crippen molar-refractivity contribution in [3.8, 4) is 10.6 Å². The van der Waals surface area contributed by atoms with Crippen LogP contribution in [-0.4, -0.2) is 12.0 Å². The normalized spacial score (nSPS) is 10.8. The molecule has 2 nitrogen and oxygen atoms in total. The van der Waals surface area contributed by atoms with Crippen molar-refractivity contribution in [1.82, 2.24) is 4.98 Å². The first-order valence-corrected chi connectivity index (χ1v) is 6.74. The van der Waals surface area contributed by atoms with Crippen LogP contribution in [-0.2, 0) is 0 Å². The van der Waals surface area contributed by atoms with E-state index in [0.29, 0.717) is 0 Å². The van der Waals surface area contributed by atoms with E-state index in [0.717, 1.165) is 16.2 Å². The second-order valence-corrected chi connectivity index (χ2v) is 5.32. The number of para-hydroxylation sites is 1. The highest BCUT2D eigenvalue weighted by molar-refractivity contribution is 7.21. The SMILES string of the molecule is CNc1ccccc1-c1nc2ccc(C)cc2s1. The van der Waals surface area contributed by atoms with Crippen molar-refractivity contribution in [2.24, 2.45) is 0 Å². The fourth-order valence-corrected chi connectivity index (χ4v) is 3.14. The highest BCUT2D eigenvalue weighted by Crippen LogP contribution is 2.34. The predicted octanol–water partition coefficient (Wildman–Crippen LogP) is 4.31. The molecule has 0 fully saturated rings. The number of aryl methyl sites for hydroxylation is 1. The van der Waals surface area contributed by atoms with E-state index in [9.17, 15) is 0 Å². The summed E-state index contributed by atoms with van der Waals surface area (Å²) in [5.74, 6) is 0. The van der Waals surface area contributed by atoms with Crippen LogP contribution in [0.4, 0.5) is 5.69 Å². The van der Waals surface area contributed by atoms with Crippen LogP contribution in [0.15, 0.2) is 42.5 Å². The van der Waals surface area contributed by atoms with Gasteiger partial charge in [-0.25, -0.2) is 4.98 Å². The molecule has 2 aromatic carbocycles. The zero-order valence-electron chi connectivity index (χ0n) is 10.4. The lowest BCUT2D eigenvalue weighted by molar-refractivity contribution is 1.44. The third-order valence-corrected chi connectivity index (χ3v) is 4.02. The van der Waals surface area contributed by atoms with E-state index in [-0.39, 0.29) is 0 Å². The predicted molar refractivity (Wildman–Crippen MR) is 79.3 cm³/mol. The number of anilines is 1. The minimum Gasteiger partial charge on any atom is -0.388 e. The molecule has 0 saturated heterocycles. The minimum absolute atomic E-state index is 1.07. The van der Waals surface area contributed by atoms with Crippen LogP contribution in [0, 0.1) is 6.92 Å². The first-order valence-electron chi connectivity index (χ1n) is 5.92. The molecule has 0 unspecified atom stereocenters. The molecular weight excluding hydrogens is 240 g/mol. The summed E-state index contributed by atoms with van der Waals surface area (Å²) in [5, 5.41) is 4.29. The van der Waals surface area contributed by atoms with E-state index in [1.54, 1.807) is 11.3 Å². The second kappa shape index (κ2) is 4.42. The average Bonchev–Trinajstić information content (AvgIpc) is 2.81. The van der Waals surface area contributed by atoms with Gasteiger partial charge in [-0.1, -0.05) is 18.2 Å². The Balaban J connectivity index is 2.19. The smallest absolute Gasteiger partial charge is 0.126 e. The highest BCUT2D eigenvalue weighted by Gasteiger charge is 2.09. The van der Waals surface area contributed by atoms with Gasteiger partial charge in [0.25, 0.3) is 0 Å². The van der Waals surface area contributed by atoms with Crippen molar-refractivity contribution in [1.29, 1.82) is 0 Å². The van der Waals surface area contributed by atoms with Crippen LogP contribution < -0.4 is 5.32 Å². The summed E-state index contributed by atoms with van der Waals surface area (Å²) >= 11 is 1.74. The van der Waals surface area contributed by atoms with E-state index < -0.39 is 0 Å². The average molecular weight is 254 g/mol. The fraction of sp³-hybridized carbons (Fsp3) is 0.133. The van der Waals surface area contributed by atoms with Gasteiger partial charge in [-0.3, -0.25) is 0 Å². The number of hydrogen-bond donors (Lipinski definition) is 1. The molecule has 3 heteroatoms. The quantitative estimate of drug-likeness (QED) is 0.737. The zero-order valence-corrected chi connectivity index (χ0v) is 11.2. The van der Waals surface area contributed by atoms with Crippen molar-refractivity contribution in [2.75, 3.05) is 12.4 Å². The van der Waals surface area contributed by atoms with Crippen molar-refractivity contribution in [3.63, 3.8) is 0 Å². The molecule has 0 aliphatic rings. The topological polar surface area (TPSA) is 24.9 Å². The molecule has 1 heterocycles. The Morgan fingerprint density at radius 2 is 1.94 bits per heavy atom. The lowest BCUT2D eigenvalue weighted by Crippen LogP contribution is -1.90. The molecule has 0 saturated carbocycles. The van der Waals surface area contributed by atoms with E-state index in [1.165, 1.54) is 15.8 Å². The Kier molecular flexibility index (Phi) is 2.76. The van der Waals surface area contributed by atoms with Gasteiger partial charge in [-0.15, -0.1) is 11.3 Å². The number of thiazole rings is 1. The summed E-state index contributed by atoms with van der Waals surface area (Å²) in [4.78, 5) is 4.71. The monoisotopic (exact) mass is 254 g/mol. The van der Waals surface area contributed by atoms with Crippen LogP contribution >= 0.6 is 11.3 Å². The molecule has 0 bridgehead atoms. The van der Waals surface area contributed by atoms with Crippen LogP contribution in [0.1, 0.15) is 5.56 Å². The number of hydrogen-bond acceptors (Lipinski definition) is 3. The lowest BCUT2D eigenvalue weighted by Gasteiger charge is -2.04. The second-order valence-electron chi connectivity index (χ2n) is 4.29. The first-order chi connectivity index (χ1) is 8.78. The van der Waals surface area contributed by atoms with Gasteiger partial charge in [-0.05, 0) is 36.8 Å². The third-order valence-electron chi connectivity index (χ3n) is 2.97. The zero-order chi connectivity index (χ0) is 12.5. The Morgan fingerprint density at radius 1 is 1.11 bits per heavy atom. The van der Waals surface area contributed by atoms with Gasteiger partial charge in [0, 0.05) is 18.3 Å². The maximum absolute atomic E-state index is 4.71. The molecule has 0 amide bonds. The van der Waals surface area contributed by atoms with E-state index in [1.807, 2.05) is 19.2 Å². The summed E-state index contributed by atoms with van der Waals surface area (Å²) in [6, 6.07) is 14.7. The maximum atomic E-state index is 4.71. The van der Waals surface area contributed by atoms with Gasteiger partial charge in [0.05, 0.1) is 10.2 Å². The molecule has 1 N–H and O–H groups in total. The lowest BCUT2D eigenvalue weighted by atomic mass is 10.2. The van der Waals surface area contributed by atoms with Crippen LogP contribution in [0.25, 0.3) is 20.8 Å². The van der Waals surface area contributed by atoms with E-state index >= 15 is 0 Å². The highest BCUT2D eigenvalue weighted by atomic mass is 32.1. The summed E-state index contributed by atoms with van der Waals surface area (Å²) in [5.41, 5.74) is 4.64. The molecule has 0 aliphatic carbocycles. The van der Waals surface area contributed by atoms with Gasteiger partial charge in [0.15, 0.2) is 0 Å². The molecule has 90 valence electrons. The Hall–Kier alpha value is -1.87. The maximum Gasteiger partial charge on any atom is 0.126 e. The molecule has 0 spiro atoms. The fourth-order valence-electron chi connectivity index (χ4n) is 2.03. The number of fused-ring (bicyclic) bond motifs is 1. The Bertz CT molecular complexity index is 701. The molecule has 3 aromatic rings. The number of aromatic nitrogens is 1. The molecule has 0 aliphatic heterocycles. The Morgan fingerprint density at radius 3 is 2.78 bits per heavy atom. The summed E-state index contributed by atoms with van der Waals surface area (Å²) in [6.07, 6.45) is 0. The molecule has 1 aromatic heterocycles. The van der Waals surface area contributed by atoms with Gasteiger partial charge in [0.2, 0.25) is 0 Å². The molecule has 18 heavy (non-hydrogen) atoms. The van der Waals surface area contributed by atoms with Crippen LogP contribution in [0.3, 0.4) is 0 Å². The number of nitrogens with one attached hydrogen (secondary N) is 1. The van der Waals surface area contributed by atoms with Crippen LogP contribution in [0.5, 0.6) is 0 Å². The largest absolute Gasteiger partial charge is 0.388 e. The summed E-state index contributed by atoms with van der Waals surface area (Å²) in [7, 11) is 1.94.